The van der Waals surface area contributed by atoms with E-state index in [9.17, 15) is 0 Å². The van der Waals surface area contributed by atoms with Gasteiger partial charge in [-0.15, -0.1) is 0 Å². The first kappa shape index (κ1) is 21.6. The SMILES string of the molecule is CN1CCc2c(Cl)cc(-c3n[nH]c4cc(F)c(-c5c(F)cc6c(c5F)CNCC6)cc34)cc2C1. The van der Waals surface area contributed by atoms with Crippen molar-refractivity contribution in [3.05, 3.63) is 75.1 Å². The number of aromatic nitrogens is 2. The van der Waals surface area contributed by atoms with E-state index in [0.29, 0.717) is 45.7 Å². The summed E-state index contributed by atoms with van der Waals surface area (Å²) in [5.41, 5.74) is 4.57. The number of nitrogens with zero attached hydrogens (tertiary/aromatic N) is 2. The summed E-state index contributed by atoms with van der Waals surface area (Å²) < 4.78 is 45.6. The van der Waals surface area contributed by atoms with Gasteiger partial charge in [0, 0.05) is 52.8 Å². The number of benzene rings is 3. The molecule has 6 rings (SSSR count). The van der Waals surface area contributed by atoms with Gasteiger partial charge in [0.1, 0.15) is 17.5 Å². The molecule has 0 unspecified atom stereocenters. The van der Waals surface area contributed by atoms with Gasteiger partial charge >= 0.3 is 0 Å². The zero-order chi connectivity index (χ0) is 23.6. The van der Waals surface area contributed by atoms with Gasteiger partial charge in [-0.3, -0.25) is 5.10 Å². The molecular weight excluding hydrogens is 461 g/mol. The lowest BCUT2D eigenvalue weighted by Gasteiger charge is -2.26. The van der Waals surface area contributed by atoms with Gasteiger partial charge in [-0.05, 0) is 67.4 Å². The molecule has 0 amide bonds. The number of rotatable bonds is 2. The van der Waals surface area contributed by atoms with Crippen LogP contribution in [0.4, 0.5) is 13.2 Å². The van der Waals surface area contributed by atoms with Crippen LogP contribution in [0, 0.1) is 17.5 Å². The summed E-state index contributed by atoms with van der Waals surface area (Å²) in [5.74, 6) is -2.19. The van der Waals surface area contributed by atoms with E-state index >= 15 is 13.2 Å². The Morgan fingerprint density at radius 1 is 0.971 bits per heavy atom. The lowest BCUT2D eigenvalue weighted by molar-refractivity contribution is 0.313. The third kappa shape index (κ3) is 3.42. The summed E-state index contributed by atoms with van der Waals surface area (Å²) in [6, 6.07) is 7.95. The zero-order valence-electron chi connectivity index (χ0n) is 18.5. The number of fused-ring (bicyclic) bond motifs is 3. The first-order valence-corrected chi connectivity index (χ1v) is 11.7. The Labute approximate surface area is 199 Å². The Bertz CT molecular complexity index is 1460. The van der Waals surface area contributed by atoms with Crippen LogP contribution >= 0.6 is 11.6 Å². The molecule has 0 aliphatic carbocycles. The molecule has 174 valence electrons. The third-order valence-corrected chi connectivity index (χ3v) is 7.29. The van der Waals surface area contributed by atoms with Crippen molar-refractivity contribution in [2.75, 3.05) is 20.1 Å². The van der Waals surface area contributed by atoms with Crippen LogP contribution in [0.15, 0.2) is 30.3 Å². The van der Waals surface area contributed by atoms with E-state index in [-0.39, 0.29) is 17.7 Å². The summed E-state index contributed by atoms with van der Waals surface area (Å²) in [5, 5.41) is 11.6. The molecule has 4 aromatic rings. The molecule has 8 heteroatoms. The molecule has 3 aromatic carbocycles. The average Bonchev–Trinajstić information content (AvgIpc) is 3.21. The average molecular weight is 483 g/mol. The molecule has 4 nitrogen and oxygen atoms in total. The van der Waals surface area contributed by atoms with Crippen molar-refractivity contribution in [1.29, 1.82) is 0 Å². The second-order valence-corrected chi connectivity index (χ2v) is 9.55. The fourth-order valence-corrected chi connectivity index (χ4v) is 5.51. The highest BCUT2D eigenvalue weighted by molar-refractivity contribution is 6.31. The molecule has 0 bridgehead atoms. The van der Waals surface area contributed by atoms with Gasteiger partial charge in [0.15, 0.2) is 0 Å². The third-order valence-electron chi connectivity index (χ3n) is 6.95. The number of halogens is 4. The van der Waals surface area contributed by atoms with Crippen molar-refractivity contribution < 1.29 is 13.2 Å². The molecule has 0 radical (unpaired) electrons. The minimum Gasteiger partial charge on any atom is -0.312 e. The number of hydrogen-bond acceptors (Lipinski definition) is 3. The lowest BCUT2D eigenvalue weighted by Crippen LogP contribution is -2.26. The van der Waals surface area contributed by atoms with Gasteiger partial charge in [-0.2, -0.15) is 5.10 Å². The van der Waals surface area contributed by atoms with E-state index in [0.717, 1.165) is 36.2 Å². The summed E-state index contributed by atoms with van der Waals surface area (Å²) >= 11 is 6.60. The molecule has 3 heterocycles. The number of aromatic amines is 1. The maximum Gasteiger partial charge on any atom is 0.138 e. The van der Waals surface area contributed by atoms with E-state index < -0.39 is 17.5 Å². The van der Waals surface area contributed by atoms with E-state index in [1.807, 2.05) is 12.1 Å². The molecule has 2 N–H and O–H groups in total. The Hall–Kier alpha value is -2.87. The monoisotopic (exact) mass is 482 g/mol. The van der Waals surface area contributed by atoms with Gasteiger partial charge in [-0.25, -0.2) is 13.2 Å². The Balaban J connectivity index is 1.53. The Kier molecular flexibility index (Phi) is 5.17. The van der Waals surface area contributed by atoms with Crippen LogP contribution in [0.5, 0.6) is 0 Å². The topological polar surface area (TPSA) is 44.0 Å². The van der Waals surface area contributed by atoms with Crippen LogP contribution < -0.4 is 5.32 Å². The van der Waals surface area contributed by atoms with E-state index in [1.54, 1.807) is 0 Å². The maximum absolute atomic E-state index is 15.4. The highest BCUT2D eigenvalue weighted by Crippen LogP contribution is 2.38. The van der Waals surface area contributed by atoms with Gasteiger partial charge in [0.05, 0.1) is 16.8 Å². The fourth-order valence-electron chi connectivity index (χ4n) is 5.18. The molecule has 1 aromatic heterocycles. The number of likely N-dealkylation sites (N-methyl/N-ethyl adjacent to an activating group) is 1. The number of H-pyrrole nitrogens is 1. The lowest BCUT2D eigenvalue weighted by atomic mass is 9.92. The zero-order valence-corrected chi connectivity index (χ0v) is 19.3. The van der Waals surface area contributed by atoms with Crippen molar-refractivity contribution in [1.82, 2.24) is 20.4 Å². The highest BCUT2D eigenvalue weighted by Gasteiger charge is 2.25. The second kappa shape index (κ2) is 8.12. The van der Waals surface area contributed by atoms with Crippen LogP contribution in [0.25, 0.3) is 33.3 Å². The van der Waals surface area contributed by atoms with Crippen molar-refractivity contribution in [2.45, 2.75) is 25.9 Å². The Morgan fingerprint density at radius 2 is 1.82 bits per heavy atom. The van der Waals surface area contributed by atoms with E-state index in [1.165, 1.54) is 18.2 Å². The molecule has 0 atom stereocenters. The molecule has 0 spiro atoms. The van der Waals surface area contributed by atoms with Crippen molar-refractivity contribution >= 4 is 22.5 Å². The summed E-state index contributed by atoms with van der Waals surface area (Å²) in [4.78, 5) is 2.22. The smallest absolute Gasteiger partial charge is 0.138 e. The van der Waals surface area contributed by atoms with Crippen LogP contribution in [0.3, 0.4) is 0 Å². The Morgan fingerprint density at radius 3 is 2.68 bits per heavy atom. The molecule has 0 saturated carbocycles. The number of nitrogens with one attached hydrogen (secondary N) is 2. The second-order valence-electron chi connectivity index (χ2n) is 9.15. The van der Waals surface area contributed by atoms with Gasteiger partial charge in [0.2, 0.25) is 0 Å². The molecular formula is C26H22ClF3N4. The predicted octanol–water partition coefficient (Wildman–Crippen LogP) is 5.60. The van der Waals surface area contributed by atoms with Crippen molar-refractivity contribution in [3.63, 3.8) is 0 Å². The summed E-state index contributed by atoms with van der Waals surface area (Å²) in [6.07, 6.45) is 1.40. The fraction of sp³-hybridized carbons (Fsp3) is 0.269. The molecule has 2 aliphatic heterocycles. The summed E-state index contributed by atoms with van der Waals surface area (Å²) in [7, 11) is 2.06. The molecule has 0 fully saturated rings. The first-order valence-electron chi connectivity index (χ1n) is 11.3. The quantitative estimate of drug-likeness (QED) is 0.391. The first-order chi connectivity index (χ1) is 16.4. The van der Waals surface area contributed by atoms with Crippen molar-refractivity contribution in [2.24, 2.45) is 0 Å². The van der Waals surface area contributed by atoms with Crippen molar-refractivity contribution in [3.8, 4) is 22.4 Å². The van der Waals surface area contributed by atoms with Gasteiger partial charge in [-0.1, -0.05) is 11.6 Å². The largest absolute Gasteiger partial charge is 0.312 e. The minimum atomic E-state index is -0.763. The maximum atomic E-state index is 15.4. The normalized spacial score (nSPS) is 16.0. The molecule has 0 saturated heterocycles. The standard InChI is InChI=1S/C26H22ClF3N4/c1-34-5-3-16-15(12-34)6-14(7-20(16)27)26-18-9-17(21(28)10-23(18)32-33-26)24-22(29)8-13-2-4-31-11-19(13)25(24)30/h6-10,31H,2-5,11-12H2,1H3,(H,32,33). The van der Waals surface area contributed by atoms with Crippen LogP contribution in [0.1, 0.15) is 22.3 Å². The highest BCUT2D eigenvalue weighted by atomic mass is 35.5. The van der Waals surface area contributed by atoms with E-state index in [4.69, 9.17) is 11.6 Å². The predicted molar refractivity (Wildman–Crippen MR) is 127 cm³/mol. The molecule has 34 heavy (non-hydrogen) atoms. The molecule has 2 aliphatic rings. The minimum absolute atomic E-state index is 0.123. The van der Waals surface area contributed by atoms with Gasteiger partial charge in [0.25, 0.3) is 0 Å². The summed E-state index contributed by atoms with van der Waals surface area (Å²) in [6.45, 7) is 2.65. The van der Waals surface area contributed by atoms with Crippen LogP contribution in [0.2, 0.25) is 5.02 Å². The van der Waals surface area contributed by atoms with Crippen LogP contribution in [-0.4, -0.2) is 35.2 Å². The number of hydrogen-bond donors (Lipinski definition) is 2. The van der Waals surface area contributed by atoms with Gasteiger partial charge < -0.3 is 10.2 Å². The van der Waals surface area contributed by atoms with E-state index in [2.05, 4.69) is 27.5 Å². The van der Waals surface area contributed by atoms with Crippen LogP contribution in [-0.2, 0) is 25.9 Å².